The summed E-state index contributed by atoms with van der Waals surface area (Å²) in [6, 6.07) is 1.76. The van der Waals surface area contributed by atoms with Gasteiger partial charge in [-0.3, -0.25) is 4.79 Å². The van der Waals surface area contributed by atoms with Crippen molar-refractivity contribution in [3.63, 3.8) is 0 Å². The monoisotopic (exact) mass is 341 g/mol. The molecule has 20 heavy (non-hydrogen) atoms. The summed E-state index contributed by atoms with van der Waals surface area (Å²) in [4.78, 5) is 14.1. The molecule has 2 aromatic rings. The highest BCUT2D eigenvalue weighted by Crippen LogP contribution is 2.17. The van der Waals surface area contributed by atoms with Gasteiger partial charge < -0.3 is 14.7 Å². The minimum atomic E-state index is -0.158. The van der Waals surface area contributed by atoms with E-state index in [1.807, 2.05) is 19.0 Å². The Hall–Kier alpha value is -1.67. The van der Waals surface area contributed by atoms with Gasteiger partial charge in [-0.1, -0.05) is 5.16 Å². The lowest BCUT2D eigenvalue weighted by Gasteiger charge is -2.12. The van der Waals surface area contributed by atoms with Crippen molar-refractivity contribution in [2.24, 2.45) is 0 Å². The van der Waals surface area contributed by atoms with Crippen molar-refractivity contribution >= 4 is 21.6 Å². The molecule has 0 saturated carbocycles. The summed E-state index contributed by atoms with van der Waals surface area (Å²) < 4.78 is 6.87. The van der Waals surface area contributed by atoms with Crippen molar-refractivity contribution in [1.82, 2.24) is 19.8 Å². The van der Waals surface area contributed by atoms with Crippen molar-refractivity contribution in [3.8, 4) is 0 Å². The van der Waals surface area contributed by atoms with E-state index in [9.17, 15) is 4.79 Å². The van der Waals surface area contributed by atoms with E-state index in [-0.39, 0.29) is 5.56 Å². The predicted octanol–water partition coefficient (Wildman–Crippen LogP) is 1.17. The van der Waals surface area contributed by atoms with Crippen LogP contribution in [0.25, 0.3) is 0 Å². The van der Waals surface area contributed by atoms with Crippen LogP contribution in [0.4, 0.5) is 5.69 Å². The fourth-order valence-corrected chi connectivity index (χ4v) is 2.01. The van der Waals surface area contributed by atoms with E-state index in [1.54, 1.807) is 18.5 Å². The van der Waals surface area contributed by atoms with Gasteiger partial charge in [0, 0.05) is 12.6 Å². The first kappa shape index (κ1) is 14.7. The predicted molar refractivity (Wildman–Crippen MR) is 78.6 cm³/mol. The van der Waals surface area contributed by atoms with Gasteiger partial charge in [0.05, 0.1) is 31.2 Å². The van der Waals surface area contributed by atoms with Crippen molar-refractivity contribution in [2.75, 3.05) is 26.0 Å². The van der Waals surface area contributed by atoms with Gasteiger partial charge in [0.15, 0.2) is 5.76 Å². The molecule has 0 aliphatic carbocycles. The molecule has 7 nitrogen and oxygen atoms in total. The van der Waals surface area contributed by atoms with Crippen molar-refractivity contribution in [1.29, 1.82) is 0 Å². The van der Waals surface area contributed by atoms with Gasteiger partial charge in [-0.05, 0) is 30.0 Å². The zero-order valence-corrected chi connectivity index (χ0v) is 12.9. The Morgan fingerprint density at radius 3 is 2.95 bits per heavy atom. The number of likely N-dealkylation sites (N-methyl/N-ethyl adjacent to an activating group) is 1. The van der Waals surface area contributed by atoms with Crippen LogP contribution in [0.3, 0.4) is 0 Å². The summed E-state index contributed by atoms with van der Waals surface area (Å²) in [7, 11) is 3.90. The third kappa shape index (κ3) is 3.67. The van der Waals surface area contributed by atoms with Crippen LogP contribution in [0.2, 0.25) is 0 Å². The molecule has 2 heterocycles. The molecule has 8 heteroatoms. The molecular weight excluding hydrogens is 326 g/mol. The molecule has 0 fully saturated rings. The highest BCUT2D eigenvalue weighted by atomic mass is 79.9. The molecule has 0 radical (unpaired) electrons. The second-order valence-corrected chi connectivity index (χ2v) is 5.33. The van der Waals surface area contributed by atoms with Crippen LogP contribution in [-0.2, 0) is 13.1 Å². The van der Waals surface area contributed by atoms with Crippen LogP contribution in [-0.4, -0.2) is 40.5 Å². The largest absolute Gasteiger partial charge is 0.375 e. The second-order valence-electron chi connectivity index (χ2n) is 4.54. The number of rotatable bonds is 6. The fourth-order valence-electron chi connectivity index (χ4n) is 1.56. The van der Waals surface area contributed by atoms with Gasteiger partial charge in [0.1, 0.15) is 4.47 Å². The molecule has 0 bridgehead atoms. The Balaban J connectivity index is 2.08. The molecule has 108 valence electrons. The van der Waals surface area contributed by atoms with Gasteiger partial charge in [-0.15, -0.1) is 0 Å². The van der Waals surface area contributed by atoms with Crippen LogP contribution in [0, 0.1) is 0 Å². The smallest absolute Gasteiger partial charge is 0.283 e. The van der Waals surface area contributed by atoms with Crippen LogP contribution in [0.1, 0.15) is 5.76 Å². The number of aromatic nitrogens is 3. The molecule has 0 atom stereocenters. The summed E-state index contributed by atoms with van der Waals surface area (Å²) >= 11 is 3.31. The first-order valence-corrected chi connectivity index (χ1v) is 6.91. The first-order valence-electron chi connectivity index (χ1n) is 6.11. The van der Waals surface area contributed by atoms with Crippen LogP contribution >= 0.6 is 15.9 Å². The molecule has 1 N–H and O–H groups in total. The number of halogens is 1. The van der Waals surface area contributed by atoms with E-state index in [1.165, 1.54) is 4.68 Å². The maximum atomic E-state index is 12.1. The van der Waals surface area contributed by atoms with E-state index >= 15 is 0 Å². The molecule has 0 aliphatic heterocycles. The highest BCUT2D eigenvalue weighted by Gasteiger charge is 2.09. The van der Waals surface area contributed by atoms with Crippen molar-refractivity contribution in [3.05, 3.63) is 39.0 Å². The summed E-state index contributed by atoms with van der Waals surface area (Å²) in [6.07, 6.45) is 3.20. The normalized spacial score (nSPS) is 11.0. The Labute approximate surface area is 124 Å². The van der Waals surface area contributed by atoms with Crippen LogP contribution in [0.5, 0.6) is 0 Å². The molecular formula is C12H16BrN5O2. The van der Waals surface area contributed by atoms with Crippen molar-refractivity contribution in [2.45, 2.75) is 13.1 Å². The maximum Gasteiger partial charge on any atom is 0.283 e. The summed E-state index contributed by atoms with van der Waals surface area (Å²) in [5.41, 5.74) is 0.474. The Morgan fingerprint density at radius 2 is 2.30 bits per heavy atom. The molecule has 0 aliphatic rings. The van der Waals surface area contributed by atoms with Gasteiger partial charge in [0.25, 0.3) is 5.56 Å². The highest BCUT2D eigenvalue weighted by molar-refractivity contribution is 9.10. The molecule has 0 spiro atoms. The average Bonchev–Trinajstić information content (AvgIpc) is 2.92. The van der Waals surface area contributed by atoms with Gasteiger partial charge in [-0.25, -0.2) is 4.68 Å². The standard InChI is InChI=1S/C12H16BrN5O2/c1-17(2)5-6-18-12(19)11(13)10(8-15-18)14-7-9-3-4-16-20-9/h3-4,8,14H,5-7H2,1-2H3. The average molecular weight is 342 g/mol. The van der Waals surface area contributed by atoms with Crippen molar-refractivity contribution < 1.29 is 4.52 Å². The molecule has 0 saturated heterocycles. The molecule has 2 aromatic heterocycles. The van der Waals surface area contributed by atoms with E-state index in [0.29, 0.717) is 29.0 Å². The minimum Gasteiger partial charge on any atom is -0.375 e. The van der Waals surface area contributed by atoms with E-state index in [2.05, 4.69) is 31.5 Å². The second kappa shape index (κ2) is 6.67. The van der Waals surface area contributed by atoms with E-state index < -0.39 is 0 Å². The first-order chi connectivity index (χ1) is 9.58. The molecule has 0 amide bonds. The van der Waals surface area contributed by atoms with Crippen LogP contribution in [0.15, 0.2) is 32.3 Å². The lowest BCUT2D eigenvalue weighted by Crippen LogP contribution is -2.29. The minimum absolute atomic E-state index is 0.158. The SMILES string of the molecule is CN(C)CCn1ncc(NCc2ccno2)c(Br)c1=O. The summed E-state index contributed by atoms with van der Waals surface area (Å²) in [5.74, 6) is 0.689. The lowest BCUT2D eigenvalue weighted by atomic mass is 10.4. The van der Waals surface area contributed by atoms with Gasteiger partial charge >= 0.3 is 0 Å². The maximum absolute atomic E-state index is 12.1. The third-order valence-corrected chi connectivity index (χ3v) is 3.45. The number of nitrogens with one attached hydrogen (secondary N) is 1. The molecule has 0 unspecified atom stereocenters. The molecule has 2 rings (SSSR count). The van der Waals surface area contributed by atoms with Gasteiger partial charge in [-0.2, -0.15) is 5.10 Å². The zero-order valence-electron chi connectivity index (χ0n) is 11.3. The van der Waals surface area contributed by atoms with Crippen LogP contribution < -0.4 is 10.9 Å². The van der Waals surface area contributed by atoms with Gasteiger partial charge in [0.2, 0.25) is 0 Å². The number of hydrogen-bond donors (Lipinski definition) is 1. The Kier molecular flexibility index (Phi) is 4.91. The zero-order chi connectivity index (χ0) is 14.5. The lowest BCUT2D eigenvalue weighted by molar-refractivity contribution is 0.367. The number of anilines is 1. The van der Waals surface area contributed by atoms with E-state index in [4.69, 9.17) is 4.52 Å². The summed E-state index contributed by atoms with van der Waals surface area (Å²) in [6.45, 7) is 1.75. The number of nitrogens with zero attached hydrogens (tertiary/aromatic N) is 4. The third-order valence-electron chi connectivity index (χ3n) is 2.69. The quantitative estimate of drug-likeness (QED) is 0.849. The Morgan fingerprint density at radius 1 is 1.50 bits per heavy atom. The fraction of sp³-hybridized carbons (Fsp3) is 0.417. The summed E-state index contributed by atoms with van der Waals surface area (Å²) in [5, 5.41) is 10.8. The topological polar surface area (TPSA) is 76.2 Å². The molecule has 0 aromatic carbocycles. The number of hydrogen-bond acceptors (Lipinski definition) is 6. The van der Waals surface area contributed by atoms with E-state index in [0.717, 1.165) is 6.54 Å². The Bertz CT molecular complexity index is 609.